The number of cyclic esters (lactones) is 1. The molecule has 0 saturated carbocycles. The van der Waals surface area contributed by atoms with Gasteiger partial charge in [-0.25, -0.2) is 4.39 Å². The Morgan fingerprint density at radius 3 is 2.49 bits per heavy atom. The maximum absolute atomic E-state index is 14.3. The van der Waals surface area contributed by atoms with Gasteiger partial charge in [0, 0.05) is 55.5 Å². The second-order valence-corrected chi connectivity index (χ2v) is 13.0. The van der Waals surface area contributed by atoms with Crippen LogP contribution in [-0.4, -0.2) is 70.9 Å². The number of aromatic nitrogens is 2. The third kappa shape index (κ3) is 5.98. The summed E-state index contributed by atoms with van der Waals surface area (Å²) in [5.41, 5.74) is 4.62. The fraction of sp³-hybridized carbons (Fsp3) is 0.529. The van der Waals surface area contributed by atoms with Crippen molar-refractivity contribution in [3.63, 3.8) is 0 Å². The van der Waals surface area contributed by atoms with Gasteiger partial charge in [0.1, 0.15) is 11.9 Å². The molecule has 6 nitrogen and oxygen atoms in total. The van der Waals surface area contributed by atoms with Crippen LogP contribution in [0.15, 0.2) is 60.7 Å². The van der Waals surface area contributed by atoms with E-state index in [9.17, 15) is 9.18 Å². The molecule has 3 aromatic rings. The zero-order chi connectivity index (χ0) is 28.6. The highest BCUT2D eigenvalue weighted by molar-refractivity contribution is 5.79. The minimum absolute atomic E-state index is 0.117. The van der Waals surface area contributed by atoms with Gasteiger partial charge in [0.25, 0.3) is 0 Å². The second-order valence-electron chi connectivity index (χ2n) is 13.0. The number of carbonyl (C=O) groups excluding carboxylic acids is 1. The van der Waals surface area contributed by atoms with Crippen molar-refractivity contribution in [2.75, 3.05) is 39.3 Å². The van der Waals surface area contributed by atoms with Crippen LogP contribution >= 0.6 is 0 Å². The highest BCUT2D eigenvalue weighted by Crippen LogP contribution is 2.41. The lowest BCUT2D eigenvalue weighted by Crippen LogP contribution is -2.46. The molecule has 0 radical (unpaired) electrons. The van der Waals surface area contributed by atoms with E-state index in [1.54, 1.807) is 6.07 Å². The van der Waals surface area contributed by atoms with E-state index in [4.69, 9.17) is 9.84 Å². The summed E-state index contributed by atoms with van der Waals surface area (Å²) in [7, 11) is 0. The summed E-state index contributed by atoms with van der Waals surface area (Å²) in [5.74, 6) is 0.719. The van der Waals surface area contributed by atoms with E-state index in [0.717, 1.165) is 69.8 Å². The van der Waals surface area contributed by atoms with E-state index in [1.807, 2.05) is 12.1 Å². The lowest BCUT2D eigenvalue weighted by molar-refractivity contribution is -0.142. The SMILES string of the molecule is CCn1nc(Cc2ccccc2)cc1C1CCN(CC2CN(C3C(=O)OCC3(C)C)CC2c2cccc(F)c2)CC1. The predicted octanol–water partition coefficient (Wildman–Crippen LogP) is 5.48. The molecule has 0 amide bonds. The average Bonchev–Trinajstić information content (AvgIpc) is 3.64. The van der Waals surface area contributed by atoms with Crippen molar-refractivity contribution < 1.29 is 13.9 Å². The highest BCUT2D eigenvalue weighted by atomic mass is 19.1. The van der Waals surface area contributed by atoms with Crippen molar-refractivity contribution >= 4 is 5.97 Å². The fourth-order valence-electron chi connectivity index (χ4n) is 7.50. The summed E-state index contributed by atoms with van der Waals surface area (Å²) < 4.78 is 22.0. The molecule has 1 aromatic heterocycles. The molecule has 2 aromatic carbocycles. The Morgan fingerprint density at radius 1 is 1.02 bits per heavy atom. The molecule has 218 valence electrons. The summed E-state index contributed by atoms with van der Waals surface area (Å²) in [6.45, 7) is 12.4. The van der Waals surface area contributed by atoms with Crippen molar-refractivity contribution in [1.29, 1.82) is 0 Å². The fourth-order valence-corrected chi connectivity index (χ4v) is 7.50. The van der Waals surface area contributed by atoms with Crippen LogP contribution in [0, 0.1) is 17.2 Å². The smallest absolute Gasteiger partial charge is 0.324 e. The van der Waals surface area contributed by atoms with Gasteiger partial charge in [-0.2, -0.15) is 5.10 Å². The third-order valence-electron chi connectivity index (χ3n) is 9.55. The quantitative estimate of drug-likeness (QED) is 0.343. The molecule has 41 heavy (non-hydrogen) atoms. The summed E-state index contributed by atoms with van der Waals surface area (Å²) >= 11 is 0. The van der Waals surface area contributed by atoms with Crippen molar-refractivity contribution in [1.82, 2.24) is 19.6 Å². The van der Waals surface area contributed by atoms with Gasteiger partial charge in [0.2, 0.25) is 0 Å². The molecular formula is C34H43FN4O2. The second kappa shape index (κ2) is 11.7. The molecule has 3 fully saturated rings. The normalized spacial score (nSPS) is 25.6. The summed E-state index contributed by atoms with van der Waals surface area (Å²) in [6.07, 6.45) is 3.09. The van der Waals surface area contributed by atoms with E-state index in [-0.39, 0.29) is 29.2 Å². The van der Waals surface area contributed by atoms with Crippen molar-refractivity contribution in [3.8, 4) is 0 Å². The van der Waals surface area contributed by atoms with Gasteiger partial charge in [0.05, 0.1) is 12.3 Å². The number of aryl methyl sites for hydroxylation is 1. The Kier molecular flexibility index (Phi) is 8.01. The van der Waals surface area contributed by atoms with Crippen LogP contribution in [0.1, 0.15) is 68.0 Å². The summed E-state index contributed by atoms with van der Waals surface area (Å²) in [6, 6.07) is 19.7. The number of benzene rings is 2. The summed E-state index contributed by atoms with van der Waals surface area (Å²) in [5, 5.41) is 4.94. The number of hydrogen-bond donors (Lipinski definition) is 0. The standard InChI is InChI=1S/C34H43FN4O2/c1-4-39-31(19-29(36-39)17-24-9-6-5-7-10-24)25-13-15-37(16-14-25)20-27-21-38(32-33(40)41-23-34(32,2)3)22-30(27)26-11-8-12-28(35)18-26/h5-12,18-19,25,27,30,32H,4,13-17,20-23H2,1-3H3. The average molecular weight is 559 g/mol. The largest absolute Gasteiger partial charge is 0.464 e. The van der Waals surface area contributed by atoms with Gasteiger partial charge in [-0.3, -0.25) is 14.4 Å². The van der Waals surface area contributed by atoms with Crippen LogP contribution < -0.4 is 0 Å². The molecule has 3 aliphatic heterocycles. The van der Waals surface area contributed by atoms with E-state index in [1.165, 1.54) is 17.3 Å². The van der Waals surface area contributed by atoms with Gasteiger partial charge in [-0.1, -0.05) is 56.3 Å². The zero-order valence-electron chi connectivity index (χ0n) is 24.6. The van der Waals surface area contributed by atoms with Crippen LogP contribution in [-0.2, 0) is 22.5 Å². The first kappa shape index (κ1) is 28.1. The molecule has 0 N–H and O–H groups in total. The predicted molar refractivity (Wildman–Crippen MR) is 158 cm³/mol. The van der Waals surface area contributed by atoms with Crippen molar-refractivity contribution in [2.45, 2.75) is 64.5 Å². The first-order valence-electron chi connectivity index (χ1n) is 15.3. The first-order valence-corrected chi connectivity index (χ1v) is 15.3. The summed E-state index contributed by atoms with van der Waals surface area (Å²) in [4.78, 5) is 17.7. The number of rotatable bonds is 8. The van der Waals surface area contributed by atoms with Crippen LogP contribution in [0.25, 0.3) is 0 Å². The van der Waals surface area contributed by atoms with Crippen molar-refractivity contribution in [2.24, 2.45) is 11.3 Å². The third-order valence-corrected chi connectivity index (χ3v) is 9.55. The molecular weight excluding hydrogens is 515 g/mol. The Labute approximate surface area is 243 Å². The van der Waals surface area contributed by atoms with Crippen molar-refractivity contribution in [3.05, 3.63) is 89.0 Å². The molecule has 3 atom stereocenters. The zero-order valence-corrected chi connectivity index (χ0v) is 24.6. The molecule has 0 spiro atoms. The number of halogens is 1. The van der Waals surface area contributed by atoms with E-state index < -0.39 is 0 Å². The number of ether oxygens (including phenoxy) is 1. The number of likely N-dealkylation sites (tertiary alicyclic amines) is 2. The number of carbonyl (C=O) groups is 1. The maximum atomic E-state index is 14.3. The Bertz CT molecular complexity index is 1350. The Morgan fingerprint density at radius 2 is 1.80 bits per heavy atom. The Hall–Kier alpha value is -3.03. The number of nitrogens with zero attached hydrogens (tertiary/aromatic N) is 4. The number of piperidine rings is 1. The lowest BCUT2D eigenvalue weighted by Gasteiger charge is -2.35. The van der Waals surface area contributed by atoms with Gasteiger partial charge in [-0.15, -0.1) is 0 Å². The minimum atomic E-state index is -0.242. The van der Waals surface area contributed by atoms with E-state index in [0.29, 0.717) is 18.4 Å². The topological polar surface area (TPSA) is 50.6 Å². The Balaban J connectivity index is 1.13. The number of hydrogen-bond acceptors (Lipinski definition) is 5. The molecule has 6 rings (SSSR count). The minimum Gasteiger partial charge on any atom is -0.464 e. The monoisotopic (exact) mass is 558 g/mol. The first-order chi connectivity index (χ1) is 19.8. The number of esters is 1. The van der Waals surface area contributed by atoms with Crippen LogP contribution in [0.5, 0.6) is 0 Å². The highest BCUT2D eigenvalue weighted by Gasteiger charge is 2.50. The molecule has 0 aliphatic carbocycles. The van der Waals surface area contributed by atoms with E-state index in [2.05, 4.69) is 71.7 Å². The molecule has 3 saturated heterocycles. The molecule has 4 heterocycles. The lowest BCUT2D eigenvalue weighted by atomic mass is 9.86. The van der Waals surface area contributed by atoms with Gasteiger partial charge in [-0.05, 0) is 68.1 Å². The van der Waals surface area contributed by atoms with Crippen LogP contribution in [0.4, 0.5) is 4.39 Å². The van der Waals surface area contributed by atoms with Gasteiger partial charge in [0.15, 0.2) is 0 Å². The molecule has 3 unspecified atom stereocenters. The molecule has 0 bridgehead atoms. The molecule has 3 aliphatic rings. The van der Waals surface area contributed by atoms with E-state index >= 15 is 0 Å². The molecule has 7 heteroatoms. The maximum Gasteiger partial charge on any atom is 0.324 e. The van der Waals surface area contributed by atoms with Gasteiger partial charge < -0.3 is 9.64 Å². The van der Waals surface area contributed by atoms with Crippen LogP contribution in [0.3, 0.4) is 0 Å². The van der Waals surface area contributed by atoms with Gasteiger partial charge >= 0.3 is 5.97 Å². The van der Waals surface area contributed by atoms with Crippen LogP contribution in [0.2, 0.25) is 0 Å².